The number of carbonyl (C=O) groups is 2. The van der Waals surface area contributed by atoms with Gasteiger partial charge in [0, 0.05) is 4.90 Å². The van der Waals surface area contributed by atoms with Crippen LogP contribution in [0.15, 0.2) is 53.4 Å². The first-order valence-electron chi connectivity index (χ1n) is 7.79. The first-order chi connectivity index (χ1) is 12.8. The average molecular weight is 398 g/mol. The van der Waals surface area contributed by atoms with Gasteiger partial charge < -0.3 is 15.4 Å². The molecule has 0 aliphatic carbocycles. The van der Waals surface area contributed by atoms with E-state index in [4.69, 9.17) is 4.74 Å². The smallest absolute Gasteiger partial charge is 0.405 e. The number of thioether (sulfide) groups is 1. The van der Waals surface area contributed by atoms with E-state index in [1.54, 1.807) is 42.8 Å². The Balaban J connectivity index is 1.95. The molecule has 2 amide bonds. The van der Waals surface area contributed by atoms with Gasteiger partial charge in [-0.05, 0) is 36.4 Å². The number of para-hydroxylation sites is 1. The Morgan fingerprint density at radius 1 is 1.07 bits per heavy atom. The predicted molar refractivity (Wildman–Crippen MR) is 97.2 cm³/mol. The van der Waals surface area contributed by atoms with Gasteiger partial charge in [-0.3, -0.25) is 9.59 Å². The summed E-state index contributed by atoms with van der Waals surface area (Å²) in [5.74, 6) is -0.523. The third kappa shape index (κ3) is 6.86. The fourth-order valence-corrected chi connectivity index (χ4v) is 2.77. The lowest BCUT2D eigenvalue weighted by Gasteiger charge is -2.12. The van der Waals surface area contributed by atoms with Crippen LogP contribution in [0.3, 0.4) is 0 Å². The molecule has 0 aromatic heterocycles. The van der Waals surface area contributed by atoms with Gasteiger partial charge in [-0.15, -0.1) is 11.8 Å². The normalized spacial score (nSPS) is 11.0. The standard InChI is InChI=1S/C18H17F3N2O3S/c1-26-12-6-8-13(9-7-12)27-10-16(24)23-15-5-3-2-4-14(15)17(25)22-11-18(19,20)21/h2-9H,10-11H2,1H3,(H,22,25)(H,23,24). The van der Waals surface area contributed by atoms with Crippen molar-refractivity contribution < 1.29 is 27.5 Å². The number of anilines is 1. The zero-order valence-electron chi connectivity index (χ0n) is 14.3. The second kappa shape index (κ2) is 9.31. The summed E-state index contributed by atoms with van der Waals surface area (Å²) < 4.78 is 41.8. The molecule has 2 rings (SSSR count). The number of methoxy groups -OCH3 is 1. The van der Waals surface area contributed by atoms with Crippen molar-refractivity contribution in [3.05, 3.63) is 54.1 Å². The van der Waals surface area contributed by atoms with Gasteiger partial charge in [-0.1, -0.05) is 12.1 Å². The van der Waals surface area contributed by atoms with E-state index in [0.717, 1.165) is 4.90 Å². The summed E-state index contributed by atoms with van der Waals surface area (Å²) in [4.78, 5) is 24.9. The Bertz CT molecular complexity index is 795. The first-order valence-corrected chi connectivity index (χ1v) is 8.78. The molecule has 2 aromatic carbocycles. The van der Waals surface area contributed by atoms with Crippen LogP contribution < -0.4 is 15.4 Å². The van der Waals surface area contributed by atoms with Crippen molar-refractivity contribution in [2.75, 3.05) is 24.7 Å². The van der Waals surface area contributed by atoms with Crippen LogP contribution in [0.5, 0.6) is 5.75 Å². The van der Waals surface area contributed by atoms with E-state index in [0.29, 0.717) is 5.75 Å². The van der Waals surface area contributed by atoms with Crippen molar-refractivity contribution in [2.24, 2.45) is 0 Å². The van der Waals surface area contributed by atoms with Crippen LogP contribution in [0, 0.1) is 0 Å². The summed E-state index contributed by atoms with van der Waals surface area (Å²) in [6.07, 6.45) is -4.51. The van der Waals surface area contributed by atoms with E-state index < -0.39 is 18.6 Å². The highest BCUT2D eigenvalue weighted by molar-refractivity contribution is 8.00. The van der Waals surface area contributed by atoms with E-state index in [2.05, 4.69) is 5.32 Å². The molecule has 27 heavy (non-hydrogen) atoms. The van der Waals surface area contributed by atoms with Crippen molar-refractivity contribution in [1.82, 2.24) is 5.32 Å². The molecular weight excluding hydrogens is 381 g/mol. The number of rotatable bonds is 7. The van der Waals surface area contributed by atoms with Crippen LogP contribution in [-0.2, 0) is 4.79 Å². The van der Waals surface area contributed by atoms with Gasteiger partial charge in [0.05, 0.1) is 24.1 Å². The number of nitrogens with one attached hydrogen (secondary N) is 2. The maximum absolute atomic E-state index is 12.3. The lowest BCUT2D eigenvalue weighted by atomic mass is 10.1. The lowest BCUT2D eigenvalue weighted by molar-refractivity contribution is -0.123. The van der Waals surface area contributed by atoms with Gasteiger partial charge >= 0.3 is 6.18 Å². The number of halogens is 3. The Hall–Kier alpha value is -2.68. The second-order valence-corrected chi connectivity index (χ2v) is 6.40. The maximum atomic E-state index is 12.3. The van der Waals surface area contributed by atoms with Crippen LogP contribution in [-0.4, -0.2) is 37.4 Å². The topological polar surface area (TPSA) is 67.4 Å². The van der Waals surface area contributed by atoms with Crippen LogP contribution >= 0.6 is 11.8 Å². The van der Waals surface area contributed by atoms with E-state index in [9.17, 15) is 22.8 Å². The average Bonchev–Trinajstić information content (AvgIpc) is 2.64. The largest absolute Gasteiger partial charge is 0.497 e. The molecule has 0 atom stereocenters. The number of carbonyl (C=O) groups excluding carboxylic acids is 2. The van der Waals surface area contributed by atoms with Crippen molar-refractivity contribution in [1.29, 1.82) is 0 Å². The van der Waals surface area contributed by atoms with Crippen molar-refractivity contribution in [3.63, 3.8) is 0 Å². The third-order valence-corrected chi connectivity index (χ3v) is 4.34. The molecule has 0 aliphatic heterocycles. The zero-order valence-corrected chi connectivity index (χ0v) is 15.1. The fourth-order valence-electron chi connectivity index (χ4n) is 2.07. The number of benzene rings is 2. The number of hydrogen-bond acceptors (Lipinski definition) is 4. The minimum Gasteiger partial charge on any atom is -0.497 e. The number of alkyl halides is 3. The third-order valence-electron chi connectivity index (χ3n) is 3.32. The van der Waals surface area contributed by atoms with Crippen LogP contribution in [0.4, 0.5) is 18.9 Å². The molecule has 9 heteroatoms. The number of ether oxygens (including phenoxy) is 1. The molecule has 0 saturated heterocycles. The number of amides is 2. The molecule has 0 unspecified atom stereocenters. The summed E-state index contributed by atoms with van der Waals surface area (Å²) in [7, 11) is 1.55. The highest BCUT2D eigenvalue weighted by Crippen LogP contribution is 2.22. The first kappa shape index (κ1) is 20.6. The van der Waals surface area contributed by atoms with Gasteiger partial charge in [0.15, 0.2) is 0 Å². The minimum atomic E-state index is -4.51. The van der Waals surface area contributed by atoms with E-state index in [1.807, 2.05) is 0 Å². The van der Waals surface area contributed by atoms with E-state index >= 15 is 0 Å². The Morgan fingerprint density at radius 3 is 2.37 bits per heavy atom. The van der Waals surface area contributed by atoms with Crippen molar-refractivity contribution in [3.8, 4) is 5.75 Å². The van der Waals surface area contributed by atoms with Gasteiger partial charge in [-0.2, -0.15) is 13.2 Å². The Kier molecular flexibility index (Phi) is 7.12. The molecule has 2 aromatic rings. The Labute approximate surface area is 158 Å². The molecular formula is C18H17F3N2O3S. The lowest BCUT2D eigenvalue weighted by Crippen LogP contribution is -2.34. The van der Waals surface area contributed by atoms with Crippen molar-refractivity contribution >= 4 is 29.3 Å². The fraction of sp³-hybridized carbons (Fsp3) is 0.222. The summed E-state index contributed by atoms with van der Waals surface area (Å²) in [5.41, 5.74) is 0.113. The molecule has 5 nitrogen and oxygen atoms in total. The molecule has 0 spiro atoms. The summed E-state index contributed by atoms with van der Waals surface area (Å²) in [6, 6.07) is 13.0. The van der Waals surface area contributed by atoms with Gasteiger partial charge in [0.2, 0.25) is 5.91 Å². The molecule has 0 saturated carbocycles. The highest BCUT2D eigenvalue weighted by Gasteiger charge is 2.28. The summed E-state index contributed by atoms with van der Waals surface area (Å²) in [5, 5.41) is 4.34. The molecule has 2 N–H and O–H groups in total. The van der Waals surface area contributed by atoms with Crippen LogP contribution in [0.25, 0.3) is 0 Å². The quantitative estimate of drug-likeness (QED) is 0.698. The molecule has 0 fully saturated rings. The SMILES string of the molecule is COc1ccc(SCC(=O)Nc2ccccc2C(=O)NCC(F)(F)F)cc1. The summed E-state index contributed by atoms with van der Waals surface area (Å²) in [6.45, 7) is -1.44. The monoisotopic (exact) mass is 398 g/mol. The maximum Gasteiger partial charge on any atom is 0.405 e. The van der Waals surface area contributed by atoms with Crippen LogP contribution in [0.1, 0.15) is 10.4 Å². The Morgan fingerprint density at radius 2 is 1.74 bits per heavy atom. The zero-order chi connectivity index (χ0) is 19.9. The van der Waals surface area contributed by atoms with E-state index in [1.165, 1.54) is 30.0 Å². The highest BCUT2D eigenvalue weighted by atomic mass is 32.2. The van der Waals surface area contributed by atoms with Gasteiger partial charge in [0.25, 0.3) is 5.91 Å². The van der Waals surface area contributed by atoms with Gasteiger partial charge in [0.1, 0.15) is 12.3 Å². The van der Waals surface area contributed by atoms with Crippen molar-refractivity contribution in [2.45, 2.75) is 11.1 Å². The minimum absolute atomic E-state index is 0.0375. The second-order valence-electron chi connectivity index (χ2n) is 5.36. The summed E-state index contributed by atoms with van der Waals surface area (Å²) >= 11 is 1.28. The molecule has 144 valence electrons. The van der Waals surface area contributed by atoms with Crippen LogP contribution in [0.2, 0.25) is 0 Å². The molecule has 0 aliphatic rings. The molecule has 0 heterocycles. The van der Waals surface area contributed by atoms with E-state index in [-0.39, 0.29) is 22.9 Å². The van der Waals surface area contributed by atoms with Gasteiger partial charge in [-0.25, -0.2) is 0 Å². The molecule has 0 radical (unpaired) electrons. The molecule has 0 bridgehead atoms. The predicted octanol–water partition coefficient (Wildman–Crippen LogP) is 3.72. The number of hydrogen-bond donors (Lipinski definition) is 2.